The van der Waals surface area contributed by atoms with Crippen LogP contribution in [0.25, 0.3) is 0 Å². The van der Waals surface area contributed by atoms with Crippen molar-refractivity contribution in [1.82, 2.24) is 10.6 Å². The number of ether oxygens (including phenoxy) is 1. The molecule has 120 valence electrons. The van der Waals surface area contributed by atoms with E-state index in [1.165, 1.54) is 0 Å². The molecule has 0 saturated heterocycles. The lowest BCUT2D eigenvalue weighted by Crippen LogP contribution is -2.42. The second-order valence-electron chi connectivity index (χ2n) is 5.53. The number of esters is 1. The lowest BCUT2D eigenvalue weighted by atomic mass is 10.1. The number of imide groups is 1. The Morgan fingerprint density at radius 1 is 1.14 bits per heavy atom. The summed E-state index contributed by atoms with van der Waals surface area (Å²) in [5.41, 5.74) is 2.41. The average molecular weight is 306 g/mol. The van der Waals surface area contributed by atoms with E-state index in [4.69, 9.17) is 4.74 Å². The fourth-order valence-corrected chi connectivity index (χ4v) is 1.59. The van der Waals surface area contributed by atoms with Gasteiger partial charge in [0.2, 0.25) is 0 Å². The minimum absolute atomic E-state index is 0.281. The first kappa shape index (κ1) is 17.7. The van der Waals surface area contributed by atoms with Crippen molar-refractivity contribution >= 4 is 17.9 Å². The van der Waals surface area contributed by atoms with Gasteiger partial charge < -0.3 is 10.1 Å². The topological polar surface area (TPSA) is 84.5 Å². The molecular weight excluding hydrogens is 284 g/mol. The maximum Gasteiger partial charge on any atom is 0.338 e. The van der Waals surface area contributed by atoms with Gasteiger partial charge in [-0.15, -0.1) is 0 Å². The van der Waals surface area contributed by atoms with E-state index in [0.717, 1.165) is 11.1 Å². The summed E-state index contributed by atoms with van der Waals surface area (Å²) in [5, 5.41) is 4.63. The average Bonchev–Trinajstić information content (AvgIpc) is 2.45. The van der Waals surface area contributed by atoms with Crippen LogP contribution in [0.4, 0.5) is 4.79 Å². The Balaban J connectivity index is 2.41. The largest absolute Gasteiger partial charge is 0.452 e. The van der Waals surface area contributed by atoms with Crippen LogP contribution in [0.5, 0.6) is 0 Å². The molecule has 0 aliphatic rings. The van der Waals surface area contributed by atoms with Crippen molar-refractivity contribution in [3.8, 4) is 0 Å². The van der Waals surface area contributed by atoms with Gasteiger partial charge in [0.15, 0.2) is 6.61 Å². The fraction of sp³-hybridized carbons (Fsp3) is 0.438. The van der Waals surface area contributed by atoms with E-state index in [1.807, 2.05) is 33.8 Å². The van der Waals surface area contributed by atoms with Crippen LogP contribution in [0.2, 0.25) is 0 Å². The summed E-state index contributed by atoms with van der Waals surface area (Å²) < 4.78 is 4.88. The Morgan fingerprint density at radius 2 is 1.82 bits per heavy atom. The number of carbonyl (C=O) groups is 3. The predicted octanol–water partition coefficient (Wildman–Crippen LogP) is 1.94. The van der Waals surface area contributed by atoms with Gasteiger partial charge in [-0.05, 0) is 43.0 Å². The first-order valence-electron chi connectivity index (χ1n) is 7.11. The Bertz CT molecular complexity index is 567. The Kier molecular flexibility index (Phi) is 6.56. The van der Waals surface area contributed by atoms with Crippen molar-refractivity contribution < 1.29 is 19.1 Å². The molecule has 6 heteroatoms. The van der Waals surface area contributed by atoms with Gasteiger partial charge >= 0.3 is 12.0 Å². The maximum atomic E-state index is 11.8. The van der Waals surface area contributed by atoms with Gasteiger partial charge in [-0.2, -0.15) is 0 Å². The Labute approximate surface area is 130 Å². The highest BCUT2D eigenvalue weighted by Crippen LogP contribution is 2.10. The van der Waals surface area contributed by atoms with Crippen molar-refractivity contribution in [2.45, 2.75) is 27.7 Å². The molecule has 0 unspecified atom stereocenters. The smallest absolute Gasteiger partial charge is 0.338 e. The van der Waals surface area contributed by atoms with Crippen LogP contribution in [0.15, 0.2) is 18.2 Å². The molecular formula is C16H22N2O4. The van der Waals surface area contributed by atoms with E-state index in [0.29, 0.717) is 12.1 Å². The molecule has 3 amide bonds. The first-order chi connectivity index (χ1) is 10.3. The van der Waals surface area contributed by atoms with Crippen LogP contribution < -0.4 is 10.6 Å². The van der Waals surface area contributed by atoms with Crippen molar-refractivity contribution in [2.75, 3.05) is 13.2 Å². The van der Waals surface area contributed by atoms with Crippen LogP contribution >= 0.6 is 0 Å². The third kappa shape index (κ3) is 5.95. The van der Waals surface area contributed by atoms with E-state index in [-0.39, 0.29) is 5.92 Å². The van der Waals surface area contributed by atoms with Gasteiger partial charge in [0.25, 0.3) is 5.91 Å². The second kappa shape index (κ2) is 8.17. The molecule has 1 aromatic rings. The van der Waals surface area contributed by atoms with E-state index < -0.39 is 24.5 Å². The number of hydrogen-bond donors (Lipinski definition) is 2. The van der Waals surface area contributed by atoms with E-state index in [2.05, 4.69) is 10.6 Å². The van der Waals surface area contributed by atoms with Gasteiger partial charge in [0, 0.05) is 6.54 Å². The number of carbonyl (C=O) groups excluding carboxylic acids is 3. The molecule has 0 fully saturated rings. The Morgan fingerprint density at radius 3 is 2.41 bits per heavy atom. The molecule has 0 bridgehead atoms. The molecule has 0 aliphatic carbocycles. The highest BCUT2D eigenvalue weighted by molar-refractivity contribution is 5.97. The predicted molar refractivity (Wildman–Crippen MR) is 82.6 cm³/mol. The molecule has 0 saturated carbocycles. The molecule has 6 nitrogen and oxygen atoms in total. The molecule has 1 rings (SSSR count). The van der Waals surface area contributed by atoms with Gasteiger partial charge in [0.05, 0.1) is 5.56 Å². The number of benzene rings is 1. The van der Waals surface area contributed by atoms with Gasteiger partial charge in [-0.3, -0.25) is 10.1 Å². The highest BCUT2D eigenvalue weighted by Gasteiger charge is 2.13. The molecule has 0 aromatic heterocycles. The van der Waals surface area contributed by atoms with Gasteiger partial charge in [-0.25, -0.2) is 9.59 Å². The number of rotatable bonds is 5. The summed E-state index contributed by atoms with van der Waals surface area (Å²) in [6, 6.07) is 4.55. The number of aryl methyl sites for hydroxylation is 2. The minimum Gasteiger partial charge on any atom is -0.452 e. The number of urea groups is 1. The summed E-state index contributed by atoms with van der Waals surface area (Å²) in [6.07, 6.45) is 0. The quantitative estimate of drug-likeness (QED) is 0.814. The van der Waals surface area contributed by atoms with Crippen LogP contribution in [-0.4, -0.2) is 31.1 Å². The monoisotopic (exact) mass is 306 g/mol. The zero-order valence-electron chi connectivity index (χ0n) is 13.4. The highest BCUT2D eigenvalue weighted by atomic mass is 16.5. The molecule has 1 aromatic carbocycles. The number of hydrogen-bond acceptors (Lipinski definition) is 4. The van der Waals surface area contributed by atoms with Gasteiger partial charge in [-0.1, -0.05) is 19.9 Å². The molecule has 0 radical (unpaired) electrons. The van der Waals surface area contributed by atoms with Crippen molar-refractivity contribution in [1.29, 1.82) is 0 Å². The van der Waals surface area contributed by atoms with Crippen molar-refractivity contribution in [3.63, 3.8) is 0 Å². The third-order valence-electron chi connectivity index (χ3n) is 3.00. The Hall–Kier alpha value is -2.37. The van der Waals surface area contributed by atoms with E-state index in [9.17, 15) is 14.4 Å². The standard InChI is InChI=1S/C16H22N2O4/c1-10(2)8-17-16(21)18-14(19)9-22-15(20)13-6-5-11(3)12(4)7-13/h5-7,10H,8-9H2,1-4H3,(H2,17,18,19,21). The van der Waals surface area contributed by atoms with Crippen LogP contribution in [0, 0.1) is 19.8 Å². The van der Waals surface area contributed by atoms with E-state index in [1.54, 1.807) is 12.1 Å². The number of amides is 3. The van der Waals surface area contributed by atoms with Crippen molar-refractivity contribution in [2.24, 2.45) is 5.92 Å². The van der Waals surface area contributed by atoms with Gasteiger partial charge in [0.1, 0.15) is 0 Å². The lowest BCUT2D eigenvalue weighted by molar-refractivity contribution is -0.123. The summed E-state index contributed by atoms with van der Waals surface area (Å²) >= 11 is 0. The summed E-state index contributed by atoms with van der Waals surface area (Å²) in [4.78, 5) is 34.7. The molecule has 0 heterocycles. The second-order valence-corrected chi connectivity index (χ2v) is 5.53. The van der Waals surface area contributed by atoms with Crippen molar-refractivity contribution in [3.05, 3.63) is 34.9 Å². The third-order valence-corrected chi connectivity index (χ3v) is 3.00. The normalized spacial score (nSPS) is 10.2. The van der Waals surface area contributed by atoms with E-state index >= 15 is 0 Å². The first-order valence-corrected chi connectivity index (χ1v) is 7.11. The van der Waals surface area contributed by atoms with Crippen LogP contribution in [-0.2, 0) is 9.53 Å². The zero-order chi connectivity index (χ0) is 16.7. The molecule has 0 atom stereocenters. The fourth-order valence-electron chi connectivity index (χ4n) is 1.59. The summed E-state index contributed by atoms with van der Waals surface area (Å²) in [5.74, 6) is -0.984. The molecule has 2 N–H and O–H groups in total. The van der Waals surface area contributed by atoms with Crippen LogP contribution in [0.1, 0.15) is 35.3 Å². The molecule has 0 spiro atoms. The summed E-state index contributed by atoms with van der Waals surface area (Å²) in [6.45, 7) is 7.66. The molecule has 0 aliphatic heterocycles. The number of nitrogens with one attached hydrogen (secondary N) is 2. The maximum absolute atomic E-state index is 11.8. The minimum atomic E-state index is -0.668. The van der Waals surface area contributed by atoms with Crippen LogP contribution in [0.3, 0.4) is 0 Å². The lowest BCUT2D eigenvalue weighted by Gasteiger charge is -2.09. The zero-order valence-corrected chi connectivity index (χ0v) is 13.4. The summed E-state index contributed by atoms with van der Waals surface area (Å²) in [7, 11) is 0. The molecule has 22 heavy (non-hydrogen) atoms. The SMILES string of the molecule is Cc1ccc(C(=O)OCC(=O)NC(=O)NCC(C)C)cc1C.